The summed E-state index contributed by atoms with van der Waals surface area (Å²) in [5.41, 5.74) is 0.603. The van der Waals surface area contributed by atoms with Crippen LogP contribution in [0.5, 0.6) is 11.6 Å². The highest BCUT2D eigenvalue weighted by atomic mass is 32.2. The minimum atomic E-state index is -3.53. The Morgan fingerprint density at radius 1 is 1.03 bits per heavy atom. The van der Waals surface area contributed by atoms with Gasteiger partial charge in [-0.1, -0.05) is 24.3 Å². The van der Waals surface area contributed by atoms with E-state index < -0.39 is 10.0 Å². The molecule has 9 heteroatoms. The predicted octanol–water partition coefficient (Wildman–Crippen LogP) is 3.31. The molecule has 0 bridgehead atoms. The molecule has 160 valence electrons. The number of rotatable bonds is 6. The second-order valence-corrected chi connectivity index (χ2v) is 9.09. The Morgan fingerprint density at radius 3 is 2.52 bits per heavy atom. The number of sulfonamides is 1. The second-order valence-electron chi connectivity index (χ2n) is 7.15. The van der Waals surface area contributed by atoms with Crippen LogP contribution >= 0.6 is 0 Å². The van der Waals surface area contributed by atoms with Crippen LogP contribution in [0.3, 0.4) is 0 Å². The fourth-order valence-corrected chi connectivity index (χ4v) is 4.93. The van der Waals surface area contributed by atoms with Crippen LogP contribution in [-0.4, -0.2) is 41.7 Å². The number of hydrogen-bond acceptors (Lipinski definition) is 6. The number of carbonyl (C=O) groups is 1. The molecule has 0 aliphatic carbocycles. The van der Waals surface area contributed by atoms with Crippen LogP contribution in [0.25, 0.3) is 0 Å². The molecule has 0 saturated carbocycles. The van der Waals surface area contributed by atoms with Crippen molar-refractivity contribution < 1.29 is 17.9 Å². The minimum Gasteiger partial charge on any atom is -0.437 e. The van der Waals surface area contributed by atoms with Crippen molar-refractivity contribution in [2.24, 2.45) is 5.92 Å². The summed E-state index contributed by atoms with van der Waals surface area (Å²) >= 11 is 0. The first kappa shape index (κ1) is 21.0. The predicted molar refractivity (Wildman–Crippen MR) is 115 cm³/mol. The number of benzene rings is 2. The molecule has 0 radical (unpaired) electrons. The summed E-state index contributed by atoms with van der Waals surface area (Å²) in [5.74, 6) is 0.500. The number of anilines is 1. The van der Waals surface area contributed by atoms with Gasteiger partial charge in [-0.3, -0.25) is 9.78 Å². The van der Waals surface area contributed by atoms with Crippen molar-refractivity contribution in [3.05, 3.63) is 73.2 Å². The van der Waals surface area contributed by atoms with Gasteiger partial charge < -0.3 is 10.1 Å². The highest BCUT2D eigenvalue weighted by Gasteiger charge is 2.32. The highest BCUT2D eigenvalue weighted by molar-refractivity contribution is 7.89. The lowest BCUT2D eigenvalue weighted by molar-refractivity contribution is -0.120. The van der Waals surface area contributed by atoms with E-state index in [0.29, 0.717) is 43.2 Å². The molecule has 1 N–H and O–H groups in total. The highest BCUT2D eigenvalue weighted by Crippen LogP contribution is 2.26. The van der Waals surface area contributed by atoms with Crippen molar-refractivity contribution in [2.45, 2.75) is 17.7 Å². The van der Waals surface area contributed by atoms with E-state index in [1.807, 2.05) is 0 Å². The number of piperidine rings is 1. The molecule has 1 fully saturated rings. The summed E-state index contributed by atoms with van der Waals surface area (Å²) in [5, 5.41) is 2.90. The molecule has 8 nitrogen and oxygen atoms in total. The first-order valence-electron chi connectivity index (χ1n) is 9.92. The van der Waals surface area contributed by atoms with Gasteiger partial charge in [0.05, 0.1) is 11.1 Å². The fraction of sp³-hybridized carbons (Fsp3) is 0.227. The number of carbonyl (C=O) groups excluding carboxylic acids is 1. The van der Waals surface area contributed by atoms with Gasteiger partial charge in [0.1, 0.15) is 5.75 Å². The molecular formula is C22H22N4O4S. The molecule has 3 aromatic rings. The first-order chi connectivity index (χ1) is 15.0. The van der Waals surface area contributed by atoms with E-state index in [9.17, 15) is 13.2 Å². The molecule has 1 aliphatic heterocycles. The van der Waals surface area contributed by atoms with Crippen LogP contribution in [0.15, 0.2) is 78.1 Å². The van der Waals surface area contributed by atoms with Crippen LogP contribution in [0.4, 0.5) is 5.69 Å². The molecule has 0 atom stereocenters. The maximum Gasteiger partial charge on any atom is 0.243 e. The van der Waals surface area contributed by atoms with E-state index in [4.69, 9.17) is 4.74 Å². The number of hydrogen-bond donors (Lipinski definition) is 1. The Labute approximate surface area is 181 Å². The third kappa shape index (κ3) is 5.07. The summed E-state index contributed by atoms with van der Waals surface area (Å²) in [6.07, 6.45) is 5.52. The van der Waals surface area contributed by atoms with E-state index in [1.54, 1.807) is 60.8 Å². The summed E-state index contributed by atoms with van der Waals surface area (Å²) in [6.45, 7) is 0.621. The molecule has 1 aliphatic rings. The summed E-state index contributed by atoms with van der Waals surface area (Å²) < 4.78 is 32.6. The van der Waals surface area contributed by atoms with Gasteiger partial charge in [-0.25, -0.2) is 13.4 Å². The smallest absolute Gasteiger partial charge is 0.243 e. The number of aromatic nitrogens is 2. The zero-order valence-electron chi connectivity index (χ0n) is 16.7. The van der Waals surface area contributed by atoms with Gasteiger partial charge >= 0.3 is 0 Å². The van der Waals surface area contributed by atoms with Crippen LogP contribution in [0.1, 0.15) is 12.8 Å². The van der Waals surface area contributed by atoms with Crippen molar-refractivity contribution >= 4 is 21.6 Å². The normalized spacial score (nSPS) is 15.4. The van der Waals surface area contributed by atoms with Crippen LogP contribution in [0.2, 0.25) is 0 Å². The van der Waals surface area contributed by atoms with E-state index >= 15 is 0 Å². The second kappa shape index (κ2) is 9.23. The quantitative estimate of drug-likeness (QED) is 0.634. The molecule has 1 aromatic heterocycles. The summed E-state index contributed by atoms with van der Waals surface area (Å²) in [6, 6.07) is 15.4. The topological polar surface area (TPSA) is 101 Å². The molecule has 2 heterocycles. The zero-order chi connectivity index (χ0) is 21.7. The number of amides is 1. The number of ether oxygens (including phenoxy) is 1. The van der Waals surface area contributed by atoms with Crippen molar-refractivity contribution in [3.8, 4) is 11.6 Å². The maximum absolute atomic E-state index is 12.7. The van der Waals surface area contributed by atoms with Crippen LogP contribution < -0.4 is 10.1 Å². The SMILES string of the molecule is O=C(Nc1cccc(Oc2cnccn2)c1)C1CCN(S(=O)(=O)c2ccccc2)CC1. The van der Waals surface area contributed by atoms with E-state index in [1.165, 1.54) is 16.7 Å². The minimum absolute atomic E-state index is 0.131. The lowest BCUT2D eigenvalue weighted by Crippen LogP contribution is -2.41. The van der Waals surface area contributed by atoms with E-state index in [-0.39, 0.29) is 16.7 Å². The van der Waals surface area contributed by atoms with Gasteiger partial charge in [0, 0.05) is 43.2 Å². The Kier molecular flexibility index (Phi) is 6.24. The third-order valence-electron chi connectivity index (χ3n) is 5.07. The lowest BCUT2D eigenvalue weighted by Gasteiger charge is -2.30. The van der Waals surface area contributed by atoms with E-state index in [2.05, 4.69) is 15.3 Å². The Morgan fingerprint density at radius 2 is 1.81 bits per heavy atom. The Balaban J connectivity index is 1.35. The maximum atomic E-state index is 12.7. The Hall–Kier alpha value is -3.30. The molecule has 2 aromatic carbocycles. The standard InChI is InChI=1S/C22H22N4O4S/c27-22(25-18-5-4-6-19(15-18)30-21-16-23-11-12-24-21)17-9-13-26(14-10-17)31(28,29)20-7-2-1-3-8-20/h1-8,11-12,15-17H,9-10,13-14H2,(H,25,27). The zero-order valence-corrected chi connectivity index (χ0v) is 17.5. The third-order valence-corrected chi connectivity index (χ3v) is 6.98. The molecule has 0 unspecified atom stereocenters. The monoisotopic (exact) mass is 438 g/mol. The number of nitrogens with one attached hydrogen (secondary N) is 1. The van der Waals surface area contributed by atoms with Gasteiger partial charge in [0.15, 0.2) is 0 Å². The molecule has 4 rings (SSSR count). The summed E-state index contributed by atoms with van der Waals surface area (Å²) in [4.78, 5) is 21.0. The first-order valence-corrected chi connectivity index (χ1v) is 11.4. The van der Waals surface area contributed by atoms with Gasteiger partial charge in [0.2, 0.25) is 21.8 Å². The molecule has 1 amide bonds. The van der Waals surface area contributed by atoms with Crippen molar-refractivity contribution in [3.63, 3.8) is 0 Å². The van der Waals surface area contributed by atoms with Crippen LogP contribution in [-0.2, 0) is 14.8 Å². The molecule has 0 spiro atoms. The van der Waals surface area contributed by atoms with Gasteiger partial charge in [-0.05, 0) is 37.1 Å². The van der Waals surface area contributed by atoms with Gasteiger partial charge in [0.25, 0.3) is 0 Å². The molecule has 1 saturated heterocycles. The van der Waals surface area contributed by atoms with Gasteiger partial charge in [-0.2, -0.15) is 4.31 Å². The van der Waals surface area contributed by atoms with Crippen molar-refractivity contribution in [1.82, 2.24) is 14.3 Å². The summed E-state index contributed by atoms with van der Waals surface area (Å²) in [7, 11) is -3.53. The van der Waals surface area contributed by atoms with Crippen molar-refractivity contribution in [2.75, 3.05) is 18.4 Å². The average molecular weight is 439 g/mol. The Bertz CT molecular complexity index is 1130. The lowest BCUT2D eigenvalue weighted by atomic mass is 9.97. The molecular weight excluding hydrogens is 416 g/mol. The largest absolute Gasteiger partial charge is 0.437 e. The fourth-order valence-electron chi connectivity index (χ4n) is 3.44. The average Bonchev–Trinajstić information content (AvgIpc) is 2.81. The van der Waals surface area contributed by atoms with Crippen molar-refractivity contribution in [1.29, 1.82) is 0 Å². The van der Waals surface area contributed by atoms with E-state index in [0.717, 1.165) is 0 Å². The van der Waals surface area contributed by atoms with Gasteiger partial charge in [-0.15, -0.1) is 0 Å². The molecule has 31 heavy (non-hydrogen) atoms. The number of nitrogens with zero attached hydrogens (tertiary/aromatic N) is 3. The van der Waals surface area contributed by atoms with Crippen LogP contribution in [0, 0.1) is 5.92 Å².